The number of fused-ring (bicyclic) bond motifs is 4. The van der Waals surface area contributed by atoms with E-state index in [-0.39, 0.29) is 29.9 Å². The first-order valence-corrected chi connectivity index (χ1v) is 10.7. The van der Waals surface area contributed by atoms with Crippen LogP contribution in [0.4, 0.5) is 17.1 Å². The summed E-state index contributed by atoms with van der Waals surface area (Å²) < 4.78 is 0. The van der Waals surface area contributed by atoms with Crippen molar-refractivity contribution in [3.05, 3.63) is 52.6 Å². The highest BCUT2D eigenvalue weighted by molar-refractivity contribution is 6.04. The Morgan fingerprint density at radius 2 is 2.13 bits per heavy atom. The summed E-state index contributed by atoms with van der Waals surface area (Å²) >= 11 is 0. The summed E-state index contributed by atoms with van der Waals surface area (Å²) in [5, 5.41) is 10.2. The number of ketones is 1. The fourth-order valence-electron chi connectivity index (χ4n) is 5.11. The molecule has 2 unspecified atom stereocenters. The normalized spacial score (nSPS) is 25.6. The van der Waals surface area contributed by atoms with Gasteiger partial charge in [-0.15, -0.1) is 0 Å². The first-order chi connectivity index (χ1) is 14.4. The van der Waals surface area contributed by atoms with E-state index >= 15 is 0 Å². The Labute approximate surface area is 177 Å². The summed E-state index contributed by atoms with van der Waals surface area (Å²) in [4.78, 5) is 26.5. The summed E-state index contributed by atoms with van der Waals surface area (Å²) in [5.41, 5.74) is 7.55. The minimum absolute atomic E-state index is 0.0510. The van der Waals surface area contributed by atoms with Crippen molar-refractivity contribution in [3.63, 3.8) is 0 Å². The maximum Gasteiger partial charge on any atom is 0.252 e. The van der Waals surface area contributed by atoms with E-state index in [9.17, 15) is 9.59 Å². The number of Topliss-reactive ketones (excluding diaryl/α,β-unsaturated/α-hetero) is 1. The third-order valence-electron chi connectivity index (χ3n) is 6.81. The van der Waals surface area contributed by atoms with Gasteiger partial charge in [0.25, 0.3) is 5.91 Å². The Balaban J connectivity index is 1.57. The van der Waals surface area contributed by atoms with Crippen molar-refractivity contribution in [1.29, 1.82) is 0 Å². The van der Waals surface area contributed by atoms with E-state index < -0.39 is 0 Å². The van der Waals surface area contributed by atoms with Crippen molar-refractivity contribution >= 4 is 28.8 Å². The maximum atomic E-state index is 13.0. The molecule has 0 saturated carbocycles. The minimum Gasteiger partial charge on any atom is -0.374 e. The Kier molecular flexibility index (Phi) is 4.27. The summed E-state index contributed by atoms with van der Waals surface area (Å²) in [6, 6.07) is 1.97. The molecule has 0 bridgehead atoms. The van der Waals surface area contributed by atoms with Crippen molar-refractivity contribution in [1.82, 2.24) is 5.32 Å². The molecule has 0 saturated heterocycles. The van der Waals surface area contributed by atoms with Gasteiger partial charge < -0.3 is 20.9 Å². The molecule has 2 aliphatic heterocycles. The molecule has 30 heavy (non-hydrogen) atoms. The fourth-order valence-corrected chi connectivity index (χ4v) is 5.11. The second-order valence-electron chi connectivity index (χ2n) is 8.94. The smallest absolute Gasteiger partial charge is 0.252 e. The second-order valence-corrected chi connectivity index (χ2v) is 8.94. The molecule has 2 heterocycles. The summed E-state index contributed by atoms with van der Waals surface area (Å²) in [7, 11) is 2.04. The molecule has 1 aromatic carbocycles. The SMILES string of the molecule is CC(=O)CNC(=O)c1cc2c(c3c1CCC1(C=C4CC=CC=C4C1)N3)NC(C)N2C. The quantitative estimate of drug-likeness (QED) is 0.719. The van der Waals surface area contributed by atoms with Gasteiger partial charge in [0.15, 0.2) is 0 Å². The van der Waals surface area contributed by atoms with Gasteiger partial charge in [-0.2, -0.15) is 0 Å². The van der Waals surface area contributed by atoms with Crippen molar-refractivity contribution in [2.75, 3.05) is 29.1 Å². The molecule has 0 radical (unpaired) electrons. The summed E-state index contributed by atoms with van der Waals surface area (Å²) in [5.74, 6) is -0.231. The van der Waals surface area contributed by atoms with Crippen LogP contribution in [0.5, 0.6) is 0 Å². The molecule has 1 amide bonds. The lowest BCUT2D eigenvalue weighted by Crippen LogP contribution is -2.39. The molecular weight excluding hydrogens is 376 g/mol. The first-order valence-electron chi connectivity index (χ1n) is 10.7. The molecular formula is C24H28N4O2. The van der Waals surface area contributed by atoms with Crippen LogP contribution in [-0.2, 0) is 11.2 Å². The number of nitrogens with zero attached hydrogens (tertiary/aromatic N) is 1. The van der Waals surface area contributed by atoms with Gasteiger partial charge in [-0.3, -0.25) is 9.59 Å². The highest BCUT2D eigenvalue weighted by Crippen LogP contribution is 2.51. The Hall–Kier alpha value is -3.02. The van der Waals surface area contributed by atoms with E-state index in [0.29, 0.717) is 5.56 Å². The molecule has 5 rings (SSSR count). The highest BCUT2D eigenvalue weighted by Gasteiger charge is 2.42. The van der Waals surface area contributed by atoms with E-state index in [2.05, 4.69) is 52.1 Å². The van der Waals surface area contributed by atoms with Crippen LogP contribution in [0.25, 0.3) is 0 Å². The fraction of sp³-hybridized carbons (Fsp3) is 0.417. The number of hydrogen-bond donors (Lipinski definition) is 3. The van der Waals surface area contributed by atoms with Gasteiger partial charge in [-0.1, -0.05) is 24.3 Å². The Morgan fingerprint density at radius 3 is 2.90 bits per heavy atom. The van der Waals surface area contributed by atoms with Gasteiger partial charge in [-0.25, -0.2) is 0 Å². The number of rotatable bonds is 3. The predicted octanol–water partition coefficient (Wildman–Crippen LogP) is 3.53. The van der Waals surface area contributed by atoms with E-state index in [1.54, 1.807) is 0 Å². The van der Waals surface area contributed by atoms with Crippen LogP contribution in [-0.4, -0.2) is 37.0 Å². The topological polar surface area (TPSA) is 73.5 Å². The number of allylic oxidation sites excluding steroid dienone is 4. The highest BCUT2D eigenvalue weighted by atomic mass is 16.2. The van der Waals surface area contributed by atoms with Crippen LogP contribution in [0.1, 0.15) is 49.0 Å². The number of anilines is 3. The van der Waals surface area contributed by atoms with Gasteiger partial charge >= 0.3 is 0 Å². The number of amides is 1. The minimum atomic E-state index is -0.180. The van der Waals surface area contributed by atoms with E-state index in [0.717, 1.165) is 48.3 Å². The maximum absolute atomic E-state index is 13.0. The van der Waals surface area contributed by atoms with Crippen molar-refractivity contribution in [3.8, 4) is 0 Å². The van der Waals surface area contributed by atoms with Crippen LogP contribution in [0, 0.1) is 0 Å². The summed E-state index contributed by atoms with van der Waals surface area (Å²) in [6.45, 7) is 3.66. The lowest BCUT2D eigenvalue weighted by molar-refractivity contribution is -0.116. The zero-order valence-electron chi connectivity index (χ0n) is 17.8. The van der Waals surface area contributed by atoms with Gasteiger partial charge in [0.2, 0.25) is 0 Å². The number of nitrogens with one attached hydrogen (secondary N) is 3. The van der Waals surface area contributed by atoms with Crippen LogP contribution in [0.2, 0.25) is 0 Å². The van der Waals surface area contributed by atoms with E-state index in [1.807, 2.05) is 13.1 Å². The molecule has 0 aromatic heterocycles. The number of hydrogen-bond acceptors (Lipinski definition) is 5. The van der Waals surface area contributed by atoms with Gasteiger partial charge in [0, 0.05) is 12.6 Å². The van der Waals surface area contributed by atoms with Crippen molar-refractivity contribution < 1.29 is 9.59 Å². The molecule has 4 aliphatic rings. The lowest BCUT2D eigenvalue weighted by atomic mass is 9.82. The summed E-state index contributed by atoms with van der Waals surface area (Å²) in [6.07, 6.45) is 12.9. The first kappa shape index (κ1) is 19.0. The average molecular weight is 405 g/mol. The van der Waals surface area contributed by atoms with Crippen LogP contribution in [0.3, 0.4) is 0 Å². The number of carbonyl (C=O) groups is 2. The standard InChI is InChI=1S/C24H28N4O2/c1-14(29)13-25-23(30)19-10-20-22(26-15(2)28(20)3)21-18(19)8-9-24(27-21)11-16-6-4-5-7-17(16)12-24/h4-6,10,12,15,26-27H,7-9,11,13H2,1-3H3,(H,25,30). The monoisotopic (exact) mass is 404 g/mol. The van der Waals surface area contributed by atoms with E-state index in [1.165, 1.54) is 18.1 Å². The number of benzene rings is 1. The van der Waals surface area contributed by atoms with E-state index in [4.69, 9.17) is 0 Å². The molecule has 6 heteroatoms. The second kappa shape index (κ2) is 6.76. The molecule has 2 atom stereocenters. The predicted molar refractivity (Wildman–Crippen MR) is 120 cm³/mol. The van der Waals surface area contributed by atoms with Gasteiger partial charge in [0.1, 0.15) is 5.78 Å². The number of carbonyl (C=O) groups excluding carboxylic acids is 2. The van der Waals surface area contributed by atoms with Crippen molar-refractivity contribution in [2.45, 2.75) is 51.2 Å². The van der Waals surface area contributed by atoms with Crippen LogP contribution >= 0.6 is 0 Å². The molecule has 0 fully saturated rings. The van der Waals surface area contributed by atoms with Crippen LogP contribution in [0.15, 0.2) is 41.5 Å². The molecule has 156 valence electrons. The molecule has 1 spiro atoms. The Bertz CT molecular complexity index is 1050. The zero-order chi connectivity index (χ0) is 21.0. The van der Waals surface area contributed by atoms with Gasteiger partial charge in [-0.05, 0) is 62.3 Å². The third kappa shape index (κ3) is 2.93. The molecule has 3 N–H and O–H groups in total. The zero-order valence-corrected chi connectivity index (χ0v) is 17.8. The largest absolute Gasteiger partial charge is 0.374 e. The van der Waals surface area contributed by atoms with Crippen LogP contribution < -0.4 is 20.9 Å². The molecule has 1 aromatic rings. The lowest BCUT2D eigenvalue weighted by Gasteiger charge is -2.37. The Morgan fingerprint density at radius 1 is 1.30 bits per heavy atom. The van der Waals surface area contributed by atoms with Crippen molar-refractivity contribution in [2.24, 2.45) is 0 Å². The third-order valence-corrected chi connectivity index (χ3v) is 6.81. The average Bonchev–Trinajstić information content (AvgIpc) is 3.22. The van der Waals surface area contributed by atoms with Gasteiger partial charge in [0.05, 0.1) is 35.3 Å². The molecule has 2 aliphatic carbocycles. The molecule has 6 nitrogen and oxygen atoms in total.